The maximum atomic E-state index is 11.8. The smallest absolute Gasteiger partial charge is 0.267 e. The van der Waals surface area contributed by atoms with Crippen LogP contribution in [0.25, 0.3) is 0 Å². The molecule has 0 aliphatic heterocycles. The van der Waals surface area contributed by atoms with Crippen LogP contribution in [0.5, 0.6) is 17.4 Å². The van der Waals surface area contributed by atoms with Gasteiger partial charge in [0.1, 0.15) is 5.02 Å². The number of H-pyrrole nitrogens is 1. The van der Waals surface area contributed by atoms with Gasteiger partial charge in [0.2, 0.25) is 5.88 Å². The Morgan fingerprint density at radius 1 is 1.10 bits per heavy atom. The molecule has 0 fully saturated rings. The number of aromatic nitrogens is 2. The number of ether oxygens (including phenoxy) is 1. The molecule has 0 amide bonds. The van der Waals surface area contributed by atoms with Crippen LogP contribution in [0, 0.1) is 0 Å². The first-order valence-electron chi connectivity index (χ1n) is 8.58. The number of benzene rings is 2. The van der Waals surface area contributed by atoms with Crippen LogP contribution in [0.4, 0.5) is 17.1 Å². The van der Waals surface area contributed by atoms with Crippen molar-refractivity contribution in [3.8, 4) is 17.4 Å². The van der Waals surface area contributed by atoms with E-state index in [1.165, 1.54) is 24.3 Å². The van der Waals surface area contributed by atoms with Gasteiger partial charge in [-0.2, -0.15) is 0 Å². The Morgan fingerprint density at radius 2 is 1.73 bits per heavy atom. The predicted molar refractivity (Wildman–Crippen MR) is 121 cm³/mol. The highest BCUT2D eigenvalue weighted by Crippen LogP contribution is 2.44. The lowest BCUT2D eigenvalue weighted by atomic mass is 10.1. The van der Waals surface area contributed by atoms with Gasteiger partial charge in [-0.05, 0) is 24.1 Å². The zero-order chi connectivity index (χ0) is 22.2. The summed E-state index contributed by atoms with van der Waals surface area (Å²) in [7, 11) is 0. The van der Waals surface area contributed by atoms with E-state index in [9.17, 15) is 9.90 Å². The molecule has 2 aromatic carbocycles. The second kappa shape index (κ2) is 8.81. The molecule has 0 atom stereocenters. The van der Waals surface area contributed by atoms with Crippen LogP contribution in [-0.4, -0.2) is 15.3 Å². The fraction of sp³-hybridized carbons (Fsp3) is 0.158. The fourth-order valence-electron chi connectivity index (χ4n) is 2.61. The molecule has 0 aliphatic carbocycles. The first-order chi connectivity index (χ1) is 14.1. The van der Waals surface area contributed by atoms with Crippen molar-refractivity contribution in [2.45, 2.75) is 19.8 Å². The predicted octanol–water partition coefficient (Wildman–Crippen LogP) is 6.33. The summed E-state index contributed by atoms with van der Waals surface area (Å²) in [4.78, 5) is 11.8. The van der Waals surface area contributed by atoms with Crippen molar-refractivity contribution in [1.82, 2.24) is 10.2 Å². The van der Waals surface area contributed by atoms with Crippen molar-refractivity contribution in [1.29, 1.82) is 0 Å². The van der Waals surface area contributed by atoms with Crippen LogP contribution in [0.3, 0.4) is 0 Å². The van der Waals surface area contributed by atoms with E-state index < -0.39 is 0 Å². The molecule has 0 spiro atoms. The average Bonchev–Trinajstić information content (AvgIpc) is 2.67. The van der Waals surface area contributed by atoms with Gasteiger partial charge < -0.3 is 20.9 Å². The Bertz CT molecular complexity index is 1160. The molecular formula is C19H16Cl4N4O3. The highest BCUT2D eigenvalue weighted by molar-refractivity contribution is 6.40. The lowest BCUT2D eigenvalue weighted by molar-refractivity contribution is 0.452. The first-order valence-corrected chi connectivity index (χ1v) is 10.1. The quantitative estimate of drug-likeness (QED) is 0.246. The van der Waals surface area contributed by atoms with Crippen molar-refractivity contribution in [2.24, 2.45) is 0 Å². The molecule has 0 unspecified atom stereocenters. The summed E-state index contributed by atoms with van der Waals surface area (Å²) in [6, 6.07) is 5.94. The Morgan fingerprint density at radius 3 is 2.33 bits per heavy atom. The van der Waals surface area contributed by atoms with Gasteiger partial charge in [-0.1, -0.05) is 60.3 Å². The normalized spacial score (nSPS) is 11.0. The lowest BCUT2D eigenvalue weighted by Crippen LogP contribution is -2.15. The monoisotopic (exact) mass is 488 g/mol. The molecule has 0 aliphatic rings. The minimum absolute atomic E-state index is 0.0250. The van der Waals surface area contributed by atoms with Crippen LogP contribution in [0.15, 0.2) is 29.1 Å². The van der Waals surface area contributed by atoms with Crippen molar-refractivity contribution >= 4 is 63.5 Å². The van der Waals surface area contributed by atoms with E-state index in [0.29, 0.717) is 11.3 Å². The SMILES string of the molecule is CC(C)c1cc(Oc2c(Cl)cc(Nc3c(N)cc(Cl)c(O)c3Cl)cc2Cl)n[nH]c1=O. The zero-order valence-electron chi connectivity index (χ0n) is 15.7. The summed E-state index contributed by atoms with van der Waals surface area (Å²) in [6.07, 6.45) is 0. The minimum Gasteiger partial charge on any atom is -0.505 e. The Balaban J connectivity index is 1.93. The van der Waals surface area contributed by atoms with Crippen LogP contribution < -0.4 is 21.3 Å². The van der Waals surface area contributed by atoms with Crippen LogP contribution in [-0.2, 0) is 0 Å². The number of nitrogens with one attached hydrogen (secondary N) is 2. The minimum atomic E-state index is -0.308. The highest BCUT2D eigenvalue weighted by atomic mass is 35.5. The topological polar surface area (TPSA) is 113 Å². The van der Waals surface area contributed by atoms with Gasteiger partial charge in [-0.25, -0.2) is 5.10 Å². The van der Waals surface area contributed by atoms with E-state index >= 15 is 0 Å². The largest absolute Gasteiger partial charge is 0.505 e. The van der Waals surface area contributed by atoms with Crippen molar-refractivity contribution < 1.29 is 9.84 Å². The van der Waals surface area contributed by atoms with Crippen LogP contribution >= 0.6 is 46.4 Å². The number of aromatic hydroxyl groups is 1. The van der Waals surface area contributed by atoms with E-state index in [1.807, 2.05) is 13.8 Å². The van der Waals surface area contributed by atoms with Gasteiger partial charge in [-0.15, -0.1) is 5.10 Å². The Kier molecular flexibility index (Phi) is 6.57. The maximum Gasteiger partial charge on any atom is 0.267 e. The number of hydrogen-bond acceptors (Lipinski definition) is 6. The van der Waals surface area contributed by atoms with Crippen molar-refractivity contribution in [3.05, 3.63) is 60.3 Å². The molecule has 0 saturated heterocycles. The third-order valence-corrected chi connectivity index (χ3v) is 5.35. The number of anilines is 3. The molecule has 1 aromatic heterocycles. The number of phenols is 1. The second-order valence-corrected chi connectivity index (χ2v) is 8.23. The molecule has 11 heteroatoms. The lowest BCUT2D eigenvalue weighted by Gasteiger charge is -2.16. The van der Waals surface area contributed by atoms with E-state index in [0.717, 1.165) is 0 Å². The van der Waals surface area contributed by atoms with Crippen LogP contribution in [0.1, 0.15) is 25.3 Å². The zero-order valence-corrected chi connectivity index (χ0v) is 18.7. The third kappa shape index (κ3) is 4.54. The summed E-state index contributed by atoms with van der Waals surface area (Å²) >= 11 is 24.6. The summed E-state index contributed by atoms with van der Waals surface area (Å²) in [6.45, 7) is 3.75. The summed E-state index contributed by atoms with van der Waals surface area (Å²) in [5.41, 5.74) is 7.03. The fourth-order valence-corrected chi connectivity index (χ4v) is 3.70. The molecule has 5 N–H and O–H groups in total. The average molecular weight is 490 g/mol. The van der Waals surface area contributed by atoms with Gasteiger partial charge in [0.25, 0.3) is 5.56 Å². The number of nitrogen functional groups attached to an aromatic ring is 1. The first kappa shape index (κ1) is 22.4. The number of aromatic amines is 1. The molecule has 0 bridgehead atoms. The van der Waals surface area contributed by atoms with E-state index in [1.54, 1.807) is 0 Å². The third-order valence-electron chi connectivity index (χ3n) is 4.13. The number of rotatable bonds is 5. The van der Waals surface area contributed by atoms with Crippen LogP contribution in [0.2, 0.25) is 20.1 Å². The Hall–Kier alpha value is -2.32. The van der Waals surface area contributed by atoms with E-state index in [4.69, 9.17) is 56.9 Å². The standard InChI is InChI=1S/C19H16Cl4N4O3/c1-7(2)9-5-14(26-27-19(9)29)30-18-11(21)3-8(4-12(18)22)25-16-13(24)6-10(20)17(28)15(16)23/h3-7,25,28H,24H2,1-2H3,(H,27,29). The van der Waals surface area contributed by atoms with Crippen molar-refractivity contribution in [2.75, 3.05) is 11.1 Å². The van der Waals surface area contributed by atoms with Gasteiger partial charge in [0, 0.05) is 17.3 Å². The molecular weight excluding hydrogens is 474 g/mol. The number of halogens is 4. The van der Waals surface area contributed by atoms with Gasteiger partial charge in [0.15, 0.2) is 11.5 Å². The Labute approximate surface area is 191 Å². The molecule has 30 heavy (non-hydrogen) atoms. The molecule has 7 nitrogen and oxygen atoms in total. The molecule has 0 radical (unpaired) electrons. The van der Waals surface area contributed by atoms with E-state index in [2.05, 4.69) is 15.5 Å². The molecule has 1 heterocycles. The highest BCUT2D eigenvalue weighted by Gasteiger charge is 2.17. The molecule has 0 saturated carbocycles. The number of nitrogens with zero attached hydrogens (tertiary/aromatic N) is 1. The van der Waals surface area contributed by atoms with E-state index in [-0.39, 0.29) is 60.3 Å². The maximum absolute atomic E-state index is 11.8. The summed E-state index contributed by atoms with van der Waals surface area (Å²) in [5.74, 6) is -0.0474. The number of hydrogen-bond donors (Lipinski definition) is 4. The second-order valence-electron chi connectivity index (χ2n) is 6.63. The van der Waals surface area contributed by atoms with Gasteiger partial charge in [0.05, 0.1) is 26.4 Å². The molecule has 3 aromatic rings. The van der Waals surface area contributed by atoms with Crippen molar-refractivity contribution in [3.63, 3.8) is 0 Å². The molecule has 3 rings (SSSR count). The summed E-state index contributed by atoms with van der Waals surface area (Å²) < 4.78 is 5.69. The van der Waals surface area contributed by atoms with Gasteiger partial charge >= 0.3 is 0 Å². The molecule has 158 valence electrons. The van der Waals surface area contributed by atoms with Gasteiger partial charge in [-0.3, -0.25) is 4.79 Å². The summed E-state index contributed by atoms with van der Waals surface area (Å²) in [5, 5.41) is 19.4. The number of nitrogens with two attached hydrogens (primary N) is 1. The number of phenolic OH excluding ortho intramolecular Hbond substituents is 1.